The molecule has 102 valence electrons. The lowest BCUT2D eigenvalue weighted by atomic mass is 10.3. The fourth-order valence-corrected chi connectivity index (χ4v) is 3.37. The Bertz CT molecular complexity index is 372. The number of carbonyl (C=O) groups is 1. The molecule has 0 aromatic heterocycles. The number of hydrogen-bond acceptors (Lipinski definition) is 4. The first-order chi connectivity index (χ1) is 7.26. The van der Waals surface area contributed by atoms with Crippen molar-refractivity contribution in [3.05, 3.63) is 0 Å². The lowest BCUT2D eigenvalue weighted by Crippen LogP contribution is -2.45. The summed E-state index contributed by atoms with van der Waals surface area (Å²) in [5.41, 5.74) is 5.66. The van der Waals surface area contributed by atoms with Crippen LogP contribution in [0.15, 0.2) is 0 Å². The van der Waals surface area contributed by atoms with Crippen molar-refractivity contribution >= 4 is 28.3 Å². The topological polar surface area (TPSA) is 83.7 Å². The summed E-state index contributed by atoms with van der Waals surface area (Å²) >= 11 is 0. The summed E-state index contributed by atoms with van der Waals surface area (Å²) in [6, 6.07) is -0.114. The minimum atomic E-state index is -3.55. The molecule has 6 nitrogen and oxygen atoms in total. The largest absolute Gasteiger partial charge is 0.348 e. The number of sulfonamides is 1. The Morgan fingerprint density at radius 3 is 2.35 bits per heavy atom. The molecule has 1 aliphatic rings. The minimum Gasteiger partial charge on any atom is -0.348 e. The second-order valence-electron chi connectivity index (χ2n) is 4.33. The molecule has 2 unspecified atom stereocenters. The second kappa shape index (κ2) is 5.99. The molecule has 2 N–H and O–H groups in total. The molecule has 1 heterocycles. The van der Waals surface area contributed by atoms with Gasteiger partial charge in [-0.3, -0.25) is 4.79 Å². The first-order valence-electron chi connectivity index (χ1n) is 5.22. The first-order valence-corrected chi connectivity index (χ1v) is 6.73. The Hall–Kier alpha value is -0.370. The highest BCUT2D eigenvalue weighted by Crippen LogP contribution is 2.17. The number of nitrogens with two attached hydrogens (primary N) is 1. The Morgan fingerprint density at radius 1 is 1.47 bits per heavy atom. The summed E-state index contributed by atoms with van der Waals surface area (Å²) in [5.74, 6) is -0.402. The lowest BCUT2D eigenvalue weighted by molar-refractivity contribution is -0.128. The molecule has 1 rings (SSSR count). The molecule has 0 radical (unpaired) electrons. The van der Waals surface area contributed by atoms with Gasteiger partial charge < -0.3 is 10.6 Å². The maximum Gasteiger partial charge on any atom is 0.241 e. The normalized spacial score (nSPS) is 22.9. The molecule has 0 spiro atoms. The summed E-state index contributed by atoms with van der Waals surface area (Å²) in [6.45, 7) is 2.14. The first kappa shape index (κ1) is 16.6. The minimum absolute atomic E-state index is 0. The third kappa shape index (κ3) is 3.54. The van der Waals surface area contributed by atoms with Crippen LogP contribution in [-0.4, -0.2) is 62.0 Å². The summed E-state index contributed by atoms with van der Waals surface area (Å²) < 4.78 is 25.4. The summed E-state index contributed by atoms with van der Waals surface area (Å²) in [4.78, 5) is 12.9. The SMILES string of the molecule is CC(C(=O)N(C)C)S(=O)(=O)N1CCC(N)C1.Cl. The van der Waals surface area contributed by atoms with Crippen molar-refractivity contribution in [2.45, 2.75) is 24.6 Å². The van der Waals surface area contributed by atoms with Crippen LogP contribution < -0.4 is 5.73 Å². The molecule has 0 bridgehead atoms. The molecule has 1 fully saturated rings. The zero-order chi connectivity index (χ0) is 12.5. The summed E-state index contributed by atoms with van der Waals surface area (Å²) in [6.07, 6.45) is 0.655. The van der Waals surface area contributed by atoms with E-state index in [9.17, 15) is 13.2 Å². The van der Waals surface area contributed by atoms with Gasteiger partial charge in [-0.05, 0) is 13.3 Å². The van der Waals surface area contributed by atoms with Crippen LogP contribution in [0.25, 0.3) is 0 Å². The highest BCUT2D eigenvalue weighted by Gasteiger charge is 2.37. The lowest BCUT2D eigenvalue weighted by Gasteiger charge is -2.22. The van der Waals surface area contributed by atoms with Crippen LogP contribution in [0.1, 0.15) is 13.3 Å². The van der Waals surface area contributed by atoms with Gasteiger partial charge in [0.15, 0.2) is 5.25 Å². The van der Waals surface area contributed by atoms with E-state index in [-0.39, 0.29) is 18.4 Å². The molecule has 1 amide bonds. The van der Waals surface area contributed by atoms with E-state index in [0.29, 0.717) is 19.5 Å². The Kier molecular flexibility index (Phi) is 5.86. The number of rotatable bonds is 3. The van der Waals surface area contributed by atoms with Gasteiger partial charge in [-0.25, -0.2) is 8.42 Å². The molecule has 8 heteroatoms. The molecule has 2 atom stereocenters. The summed E-state index contributed by atoms with van der Waals surface area (Å²) in [5, 5.41) is -1.03. The molecular weight excluding hydrogens is 266 g/mol. The van der Waals surface area contributed by atoms with E-state index >= 15 is 0 Å². The van der Waals surface area contributed by atoms with Crippen molar-refractivity contribution in [1.29, 1.82) is 0 Å². The number of halogens is 1. The number of carbonyl (C=O) groups excluding carboxylic acids is 1. The third-order valence-electron chi connectivity index (χ3n) is 2.78. The predicted octanol–water partition coefficient (Wildman–Crippen LogP) is -0.752. The number of nitrogens with zero attached hydrogens (tertiary/aromatic N) is 2. The van der Waals surface area contributed by atoms with E-state index in [1.807, 2.05) is 0 Å². The van der Waals surface area contributed by atoms with Gasteiger partial charge in [0.2, 0.25) is 15.9 Å². The van der Waals surface area contributed by atoms with Crippen molar-refractivity contribution in [1.82, 2.24) is 9.21 Å². The Balaban J connectivity index is 0.00000256. The molecule has 1 saturated heterocycles. The quantitative estimate of drug-likeness (QED) is 0.739. The van der Waals surface area contributed by atoms with Gasteiger partial charge in [-0.2, -0.15) is 4.31 Å². The van der Waals surface area contributed by atoms with E-state index in [1.165, 1.54) is 16.1 Å². The smallest absolute Gasteiger partial charge is 0.241 e. The highest BCUT2D eigenvalue weighted by molar-refractivity contribution is 7.90. The van der Waals surface area contributed by atoms with Gasteiger partial charge in [0.25, 0.3) is 0 Å². The van der Waals surface area contributed by atoms with Gasteiger partial charge in [0.05, 0.1) is 0 Å². The maximum absolute atomic E-state index is 12.0. The Labute approximate surface area is 109 Å². The van der Waals surface area contributed by atoms with Gasteiger partial charge in [0.1, 0.15) is 0 Å². The van der Waals surface area contributed by atoms with Crippen LogP contribution in [0.4, 0.5) is 0 Å². The Morgan fingerprint density at radius 2 is 2.00 bits per heavy atom. The maximum atomic E-state index is 12.0. The molecule has 0 aliphatic carbocycles. The van der Waals surface area contributed by atoms with Crippen molar-refractivity contribution in [2.24, 2.45) is 5.73 Å². The molecular formula is C9H20ClN3O3S. The van der Waals surface area contributed by atoms with Gasteiger partial charge in [-0.15, -0.1) is 12.4 Å². The van der Waals surface area contributed by atoms with Crippen LogP contribution in [-0.2, 0) is 14.8 Å². The van der Waals surface area contributed by atoms with Crippen molar-refractivity contribution in [3.8, 4) is 0 Å². The predicted molar refractivity (Wildman–Crippen MR) is 68.5 cm³/mol. The second-order valence-corrected chi connectivity index (χ2v) is 6.58. The van der Waals surface area contributed by atoms with Crippen LogP contribution >= 0.6 is 12.4 Å². The van der Waals surface area contributed by atoms with Crippen molar-refractivity contribution < 1.29 is 13.2 Å². The van der Waals surface area contributed by atoms with Crippen molar-refractivity contribution in [2.75, 3.05) is 27.2 Å². The van der Waals surface area contributed by atoms with E-state index in [0.717, 1.165) is 0 Å². The highest BCUT2D eigenvalue weighted by atomic mass is 35.5. The van der Waals surface area contributed by atoms with E-state index in [2.05, 4.69) is 0 Å². The fraction of sp³-hybridized carbons (Fsp3) is 0.889. The van der Waals surface area contributed by atoms with Gasteiger partial charge in [0, 0.05) is 33.2 Å². The van der Waals surface area contributed by atoms with Crippen LogP contribution in [0.5, 0.6) is 0 Å². The number of amides is 1. The fourth-order valence-electron chi connectivity index (χ4n) is 1.70. The van der Waals surface area contributed by atoms with Crippen molar-refractivity contribution in [3.63, 3.8) is 0 Å². The molecule has 17 heavy (non-hydrogen) atoms. The van der Waals surface area contributed by atoms with Gasteiger partial charge >= 0.3 is 0 Å². The molecule has 0 aromatic rings. The van der Waals surface area contributed by atoms with Crippen LogP contribution in [0, 0.1) is 0 Å². The van der Waals surface area contributed by atoms with E-state index in [4.69, 9.17) is 5.73 Å². The van der Waals surface area contributed by atoms with Crippen LogP contribution in [0.3, 0.4) is 0 Å². The molecule has 0 aromatic carbocycles. The third-order valence-corrected chi connectivity index (χ3v) is 4.93. The van der Waals surface area contributed by atoms with E-state index < -0.39 is 21.2 Å². The monoisotopic (exact) mass is 285 g/mol. The zero-order valence-corrected chi connectivity index (χ0v) is 11.9. The number of hydrogen-bond donors (Lipinski definition) is 1. The van der Waals surface area contributed by atoms with Crippen LogP contribution in [0.2, 0.25) is 0 Å². The standard InChI is InChI=1S/C9H19N3O3S.ClH/c1-7(9(13)11(2)3)16(14,15)12-5-4-8(10)6-12;/h7-8H,4-6,10H2,1-3H3;1H. The van der Waals surface area contributed by atoms with Gasteiger partial charge in [-0.1, -0.05) is 0 Å². The molecule has 0 saturated carbocycles. The summed E-state index contributed by atoms with van der Waals surface area (Å²) in [7, 11) is -0.462. The average molecular weight is 286 g/mol. The van der Waals surface area contributed by atoms with E-state index in [1.54, 1.807) is 14.1 Å². The molecule has 1 aliphatic heterocycles. The average Bonchev–Trinajstić information content (AvgIpc) is 2.62. The zero-order valence-electron chi connectivity index (χ0n) is 10.3.